The van der Waals surface area contributed by atoms with Gasteiger partial charge in [0.1, 0.15) is 35.7 Å². The second-order valence-corrected chi connectivity index (χ2v) is 16.7. The van der Waals surface area contributed by atoms with Gasteiger partial charge in [0.2, 0.25) is 27.7 Å². The van der Waals surface area contributed by atoms with E-state index < -0.39 is 68.5 Å². The molecule has 17 heteroatoms. The quantitative estimate of drug-likeness (QED) is 0.183. The third kappa shape index (κ3) is 7.44. The number of hydrogen-bond donors (Lipinski definition) is 3. The zero-order valence-electron chi connectivity index (χ0n) is 30.2. The Morgan fingerprint density at radius 2 is 1.80 bits per heavy atom. The van der Waals surface area contributed by atoms with E-state index >= 15 is 0 Å². The lowest BCUT2D eigenvalue weighted by atomic mass is 10.0. The van der Waals surface area contributed by atoms with E-state index in [1.54, 1.807) is 13.1 Å². The molecular weight excluding hydrogens is 727 g/mol. The number of amides is 4. The summed E-state index contributed by atoms with van der Waals surface area (Å²) in [5.74, 6) is -2.69. The van der Waals surface area contributed by atoms with Gasteiger partial charge in [0.25, 0.3) is 11.8 Å². The van der Waals surface area contributed by atoms with Gasteiger partial charge in [-0.1, -0.05) is 43.2 Å². The first-order chi connectivity index (χ1) is 26.5. The van der Waals surface area contributed by atoms with Crippen molar-refractivity contribution in [1.29, 1.82) is 0 Å². The molecule has 0 bridgehead atoms. The summed E-state index contributed by atoms with van der Waals surface area (Å²) in [6.07, 6.45) is 13.2. The van der Waals surface area contributed by atoms with Crippen LogP contribution in [0.1, 0.15) is 74.0 Å². The molecule has 0 spiro atoms. The Bertz CT molecular complexity index is 2320. The number of carbonyl (C=O) groups excluding carboxylic acids is 4. The minimum atomic E-state index is -3.90. The molecule has 1 saturated heterocycles. The van der Waals surface area contributed by atoms with Crippen molar-refractivity contribution in [2.75, 3.05) is 6.54 Å². The number of aryl methyl sites for hydroxylation is 1. The second kappa shape index (κ2) is 14.6. The SMILES string of the molecule is Cc1cnc(C(=O)N[C@H]2CCCCC/C=C\[C@H]3C[C@@]3(C(=O)NS(=O)(=O)C3CC3)NC(=O)[C@@H]3C[C@@H](Oc4nc5ncncc5c5ccccc45)CN3C2=O)cn1. The number of nitrogens with zero attached hydrogens (tertiary/aromatic N) is 6. The molecule has 286 valence electrons. The lowest BCUT2D eigenvalue weighted by Gasteiger charge is -2.29. The van der Waals surface area contributed by atoms with Crippen LogP contribution in [0.5, 0.6) is 5.88 Å². The Kier molecular flexibility index (Phi) is 9.65. The number of ether oxygens (including phenoxy) is 1. The molecule has 4 amide bonds. The molecule has 3 N–H and O–H groups in total. The molecule has 3 aromatic heterocycles. The number of sulfonamides is 1. The van der Waals surface area contributed by atoms with Crippen molar-refractivity contribution in [3.8, 4) is 5.88 Å². The van der Waals surface area contributed by atoms with Crippen LogP contribution in [0.4, 0.5) is 0 Å². The highest BCUT2D eigenvalue weighted by molar-refractivity contribution is 7.91. The number of nitrogens with one attached hydrogen (secondary N) is 3. The van der Waals surface area contributed by atoms with Gasteiger partial charge in [-0.2, -0.15) is 4.98 Å². The second-order valence-electron chi connectivity index (χ2n) is 14.8. The van der Waals surface area contributed by atoms with E-state index in [1.807, 2.05) is 36.4 Å². The van der Waals surface area contributed by atoms with Gasteiger partial charge in [0.05, 0.1) is 23.7 Å². The molecule has 5 heterocycles. The van der Waals surface area contributed by atoms with E-state index in [1.165, 1.54) is 23.6 Å². The molecule has 5 atom stereocenters. The molecule has 8 rings (SSSR count). The van der Waals surface area contributed by atoms with Crippen LogP contribution in [0.3, 0.4) is 0 Å². The van der Waals surface area contributed by atoms with E-state index in [9.17, 15) is 27.6 Å². The van der Waals surface area contributed by atoms with E-state index in [2.05, 4.69) is 40.3 Å². The molecule has 0 radical (unpaired) electrons. The standard InChI is InChI=1S/C38H41N9O7S/c1-22-17-41-30(19-40-22)33(48)43-29-12-6-4-2-3-5-9-23-16-38(23,37(51)46-55(52,53)25-13-14-25)45-34(49)31-15-24(20-47(31)36(29)50)54-35-27-11-8-7-10-26(27)28-18-39-21-42-32(28)44-35/h5,7-11,17-19,21,23-25,29,31H,2-4,6,12-16,20H2,1H3,(H,43,48)(H,45,49)(H,46,51)/b9-5-/t23-,24+,29-,31-,38+/m0/s1. The molecular formula is C38H41N9O7S. The third-order valence-electron chi connectivity index (χ3n) is 10.8. The Morgan fingerprint density at radius 3 is 2.58 bits per heavy atom. The van der Waals surface area contributed by atoms with Crippen molar-refractivity contribution in [3.63, 3.8) is 0 Å². The number of aromatic nitrogens is 5. The van der Waals surface area contributed by atoms with Crippen LogP contribution in [0.2, 0.25) is 0 Å². The van der Waals surface area contributed by atoms with E-state index in [0.717, 1.165) is 23.6 Å². The summed E-state index contributed by atoms with van der Waals surface area (Å²) in [6, 6.07) is 5.34. The van der Waals surface area contributed by atoms with Crippen molar-refractivity contribution in [3.05, 3.63) is 72.7 Å². The first-order valence-corrected chi connectivity index (χ1v) is 20.2. The number of rotatable bonds is 7. The summed E-state index contributed by atoms with van der Waals surface area (Å²) in [6.45, 7) is 1.71. The highest BCUT2D eigenvalue weighted by Gasteiger charge is 2.62. The van der Waals surface area contributed by atoms with Gasteiger partial charge in [0, 0.05) is 35.5 Å². The molecule has 2 aliphatic carbocycles. The zero-order chi connectivity index (χ0) is 38.3. The molecule has 1 aromatic carbocycles. The molecule has 55 heavy (non-hydrogen) atoms. The normalized spacial score (nSPS) is 26.5. The highest BCUT2D eigenvalue weighted by atomic mass is 32.2. The predicted molar refractivity (Wildman–Crippen MR) is 199 cm³/mol. The van der Waals surface area contributed by atoms with Crippen molar-refractivity contribution in [2.45, 2.75) is 93.7 Å². The Hall–Kier alpha value is -5.58. The average Bonchev–Trinajstić information content (AvgIpc) is 4.11. The van der Waals surface area contributed by atoms with Gasteiger partial charge in [-0.15, -0.1) is 0 Å². The maximum atomic E-state index is 14.6. The number of allylic oxidation sites excluding steroid dienone is 1. The van der Waals surface area contributed by atoms with E-state index in [0.29, 0.717) is 48.8 Å². The fourth-order valence-corrected chi connectivity index (χ4v) is 8.86. The zero-order valence-corrected chi connectivity index (χ0v) is 31.0. The minimum absolute atomic E-state index is 0.0259. The van der Waals surface area contributed by atoms with Crippen molar-refractivity contribution >= 4 is 55.5 Å². The predicted octanol–water partition coefficient (Wildman–Crippen LogP) is 2.43. The molecule has 3 fully saturated rings. The Labute approximate surface area is 317 Å². The smallest absolute Gasteiger partial charge is 0.272 e. The number of hydrogen-bond acceptors (Lipinski definition) is 12. The van der Waals surface area contributed by atoms with Crippen LogP contribution in [-0.4, -0.2) is 97.4 Å². The maximum Gasteiger partial charge on any atom is 0.272 e. The van der Waals surface area contributed by atoms with Crippen LogP contribution in [0.25, 0.3) is 21.8 Å². The molecule has 4 aromatic rings. The molecule has 0 unspecified atom stereocenters. The molecule has 2 aliphatic heterocycles. The van der Waals surface area contributed by atoms with Gasteiger partial charge < -0.3 is 20.3 Å². The van der Waals surface area contributed by atoms with Gasteiger partial charge in [-0.3, -0.25) is 28.9 Å². The maximum absolute atomic E-state index is 14.6. The lowest BCUT2D eigenvalue weighted by Crippen LogP contribution is -2.58. The summed E-state index contributed by atoms with van der Waals surface area (Å²) >= 11 is 0. The van der Waals surface area contributed by atoms with Gasteiger partial charge in [-0.05, 0) is 56.9 Å². The van der Waals surface area contributed by atoms with Crippen molar-refractivity contribution < 1.29 is 32.3 Å². The first-order valence-electron chi connectivity index (χ1n) is 18.6. The first kappa shape index (κ1) is 36.4. The molecule has 2 saturated carbocycles. The minimum Gasteiger partial charge on any atom is -0.472 e. The summed E-state index contributed by atoms with van der Waals surface area (Å²) in [4.78, 5) is 79.1. The third-order valence-corrected chi connectivity index (χ3v) is 12.6. The average molecular weight is 768 g/mol. The van der Waals surface area contributed by atoms with Crippen LogP contribution in [0, 0.1) is 12.8 Å². The van der Waals surface area contributed by atoms with Crippen LogP contribution >= 0.6 is 0 Å². The Morgan fingerprint density at radius 1 is 0.982 bits per heavy atom. The lowest BCUT2D eigenvalue weighted by molar-refractivity contribution is -0.141. The van der Waals surface area contributed by atoms with Gasteiger partial charge >= 0.3 is 0 Å². The van der Waals surface area contributed by atoms with E-state index in [4.69, 9.17) is 4.74 Å². The molecule has 16 nitrogen and oxygen atoms in total. The fourth-order valence-electron chi connectivity index (χ4n) is 7.50. The topological polar surface area (TPSA) is 215 Å². The van der Waals surface area contributed by atoms with Crippen molar-refractivity contribution in [2.24, 2.45) is 5.92 Å². The summed E-state index contributed by atoms with van der Waals surface area (Å²) < 4.78 is 34.5. The number of fused-ring (bicyclic) bond motifs is 5. The monoisotopic (exact) mass is 767 g/mol. The summed E-state index contributed by atoms with van der Waals surface area (Å²) in [7, 11) is -3.90. The van der Waals surface area contributed by atoms with Crippen molar-refractivity contribution in [1.82, 2.24) is 45.2 Å². The number of pyridine rings is 1. The Balaban J connectivity index is 1.12. The number of carbonyl (C=O) groups is 4. The molecule has 4 aliphatic rings. The largest absolute Gasteiger partial charge is 0.472 e. The summed E-state index contributed by atoms with van der Waals surface area (Å²) in [5, 5.41) is 7.32. The van der Waals surface area contributed by atoms with Crippen LogP contribution < -0.4 is 20.1 Å². The highest BCUT2D eigenvalue weighted by Crippen LogP contribution is 2.46. The van der Waals surface area contributed by atoms with Crippen LogP contribution in [0.15, 0.2) is 61.3 Å². The fraction of sp³-hybridized carbons (Fsp3) is 0.447. The van der Waals surface area contributed by atoms with Gasteiger partial charge in [0.15, 0.2) is 5.65 Å². The van der Waals surface area contributed by atoms with Crippen LogP contribution in [-0.2, 0) is 24.4 Å². The summed E-state index contributed by atoms with van der Waals surface area (Å²) in [5.41, 5.74) is -0.433. The van der Waals surface area contributed by atoms with Gasteiger partial charge in [-0.25, -0.2) is 23.4 Å². The number of benzene rings is 1. The van der Waals surface area contributed by atoms with E-state index in [-0.39, 0.29) is 31.0 Å².